The predicted molar refractivity (Wildman–Crippen MR) is 123 cm³/mol. The average molecular weight is 434 g/mol. The molecular formula is C27H28FNO3. The fraction of sp³-hybridized carbons (Fsp3) is 0.333. The zero-order valence-corrected chi connectivity index (χ0v) is 18.4. The number of halogens is 1. The van der Waals surface area contributed by atoms with Gasteiger partial charge in [-0.05, 0) is 53.6 Å². The first kappa shape index (κ1) is 22.2. The average Bonchev–Trinajstić information content (AvgIpc) is 2.77. The molecule has 2 aromatic carbocycles. The third-order valence-corrected chi connectivity index (χ3v) is 5.88. The second-order valence-electron chi connectivity index (χ2n) is 8.69. The molecule has 1 aliphatic rings. The van der Waals surface area contributed by atoms with Crippen molar-refractivity contribution in [3.63, 3.8) is 0 Å². The van der Waals surface area contributed by atoms with E-state index in [4.69, 9.17) is 9.72 Å². The van der Waals surface area contributed by atoms with Crippen LogP contribution < -0.4 is 0 Å². The minimum absolute atomic E-state index is 0.0574. The van der Waals surface area contributed by atoms with Gasteiger partial charge in [-0.2, -0.15) is 0 Å². The molecule has 1 aromatic heterocycles. The van der Waals surface area contributed by atoms with Gasteiger partial charge in [-0.1, -0.05) is 56.3 Å². The Bertz CT molecular complexity index is 1080. The van der Waals surface area contributed by atoms with Crippen molar-refractivity contribution in [3.8, 4) is 22.4 Å². The molecule has 4 rings (SSSR count). The van der Waals surface area contributed by atoms with Gasteiger partial charge in [0.25, 0.3) is 0 Å². The van der Waals surface area contributed by atoms with E-state index in [0.717, 1.165) is 33.6 Å². The second-order valence-corrected chi connectivity index (χ2v) is 8.69. The molecule has 1 aliphatic heterocycles. The van der Waals surface area contributed by atoms with Gasteiger partial charge in [0.05, 0.1) is 18.2 Å². The summed E-state index contributed by atoms with van der Waals surface area (Å²) in [6.07, 6.45) is 0.782. The van der Waals surface area contributed by atoms with Crippen LogP contribution in [0.4, 0.5) is 4.39 Å². The van der Waals surface area contributed by atoms with Crippen LogP contribution in [0.3, 0.4) is 0 Å². The highest BCUT2D eigenvalue weighted by Gasteiger charge is 2.28. The monoisotopic (exact) mass is 433 g/mol. The van der Waals surface area contributed by atoms with E-state index in [0.29, 0.717) is 19.3 Å². The molecule has 1 N–H and O–H groups in total. The molecule has 0 radical (unpaired) electrons. The number of hydrogen-bond acceptors (Lipinski definition) is 4. The van der Waals surface area contributed by atoms with Gasteiger partial charge < -0.3 is 9.84 Å². The lowest BCUT2D eigenvalue weighted by atomic mass is 9.88. The lowest BCUT2D eigenvalue weighted by Crippen LogP contribution is -2.32. The van der Waals surface area contributed by atoms with Crippen molar-refractivity contribution in [2.75, 3.05) is 0 Å². The Hall–Kier alpha value is -3.05. The van der Waals surface area contributed by atoms with Crippen LogP contribution in [-0.2, 0) is 16.0 Å². The number of aromatic nitrogens is 1. The number of ether oxygens (including phenoxy) is 1. The molecule has 1 fully saturated rings. The van der Waals surface area contributed by atoms with Crippen LogP contribution in [0.15, 0.2) is 60.7 Å². The molecule has 2 heterocycles. The Morgan fingerprint density at radius 2 is 1.81 bits per heavy atom. The van der Waals surface area contributed by atoms with Crippen LogP contribution in [0.1, 0.15) is 50.3 Å². The predicted octanol–water partition coefficient (Wildman–Crippen LogP) is 5.68. The van der Waals surface area contributed by atoms with Crippen LogP contribution >= 0.6 is 0 Å². The molecule has 3 aromatic rings. The third kappa shape index (κ3) is 5.05. The lowest BCUT2D eigenvalue weighted by molar-refractivity contribution is -0.160. The summed E-state index contributed by atoms with van der Waals surface area (Å²) in [5.74, 6) is -0.457. The molecular weight excluding hydrogens is 405 g/mol. The largest absolute Gasteiger partial charge is 0.462 e. The maximum Gasteiger partial charge on any atom is 0.308 e. The number of carbonyl (C=O) groups excluding carboxylic acids is 1. The molecule has 166 valence electrons. The minimum atomic E-state index is -0.652. The van der Waals surface area contributed by atoms with Crippen molar-refractivity contribution in [1.82, 2.24) is 4.98 Å². The molecule has 0 saturated carbocycles. The number of cyclic esters (lactones) is 1. The molecule has 0 amide bonds. The first-order valence-corrected chi connectivity index (χ1v) is 11.1. The molecule has 5 heteroatoms. The molecule has 0 bridgehead atoms. The van der Waals surface area contributed by atoms with E-state index >= 15 is 0 Å². The van der Waals surface area contributed by atoms with Crippen LogP contribution in [-0.4, -0.2) is 28.3 Å². The highest BCUT2D eigenvalue weighted by molar-refractivity contribution is 5.74. The fourth-order valence-corrected chi connectivity index (χ4v) is 4.32. The molecule has 0 aliphatic carbocycles. The molecule has 0 spiro atoms. The first-order valence-electron chi connectivity index (χ1n) is 11.1. The summed E-state index contributed by atoms with van der Waals surface area (Å²) in [4.78, 5) is 16.8. The summed E-state index contributed by atoms with van der Waals surface area (Å²) >= 11 is 0. The third-order valence-electron chi connectivity index (χ3n) is 5.88. The number of benzene rings is 2. The number of aliphatic hydroxyl groups excluding tert-OH is 1. The van der Waals surface area contributed by atoms with Gasteiger partial charge in [0.15, 0.2) is 0 Å². The van der Waals surface area contributed by atoms with Gasteiger partial charge in [0.1, 0.15) is 11.9 Å². The van der Waals surface area contributed by atoms with Gasteiger partial charge in [-0.25, -0.2) is 4.39 Å². The smallest absolute Gasteiger partial charge is 0.308 e. The summed E-state index contributed by atoms with van der Waals surface area (Å²) in [7, 11) is 0. The van der Waals surface area contributed by atoms with Gasteiger partial charge in [-0.3, -0.25) is 9.78 Å². The van der Waals surface area contributed by atoms with Crippen molar-refractivity contribution in [1.29, 1.82) is 0 Å². The van der Waals surface area contributed by atoms with Crippen molar-refractivity contribution in [2.24, 2.45) is 0 Å². The van der Waals surface area contributed by atoms with E-state index in [-0.39, 0.29) is 30.2 Å². The number of hydrogen-bond donors (Lipinski definition) is 1. The summed E-state index contributed by atoms with van der Waals surface area (Å²) in [5.41, 5.74) is 5.87. The van der Waals surface area contributed by atoms with E-state index in [1.54, 1.807) is 12.1 Å². The van der Waals surface area contributed by atoms with Gasteiger partial charge in [0, 0.05) is 17.7 Å². The molecule has 2 atom stereocenters. The Morgan fingerprint density at radius 3 is 2.47 bits per heavy atom. The van der Waals surface area contributed by atoms with Crippen LogP contribution in [0.2, 0.25) is 0 Å². The standard InChI is InChI=1S/C27H28FNO3/c1-17(2)27-23(13-12-22-14-21(30)15-26(31)32-22)24(18-8-10-20(28)11-9-18)16-25(29-27)19-6-4-3-5-7-19/h3-11,16-17,21-22,30H,12-15H2,1-2H3/t21-,22+/m1/s1. The summed E-state index contributed by atoms with van der Waals surface area (Å²) in [6.45, 7) is 4.22. The number of pyridine rings is 1. The maximum atomic E-state index is 13.6. The van der Waals surface area contributed by atoms with E-state index in [2.05, 4.69) is 19.9 Å². The molecule has 0 unspecified atom stereocenters. The van der Waals surface area contributed by atoms with E-state index in [1.807, 2.05) is 30.3 Å². The van der Waals surface area contributed by atoms with Crippen LogP contribution in [0, 0.1) is 5.82 Å². The minimum Gasteiger partial charge on any atom is -0.462 e. The maximum absolute atomic E-state index is 13.6. The molecule has 4 nitrogen and oxygen atoms in total. The zero-order valence-electron chi connectivity index (χ0n) is 18.4. The van der Waals surface area contributed by atoms with Gasteiger partial charge in [-0.15, -0.1) is 0 Å². The van der Waals surface area contributed by atoms with Crippen molar-refractivity contribution in [2.45, 2.75) is 57.7 Å². The normalized spacial score (nSPS) is 18.6. The van der Waals surface area contributed by atoms with E-state index in [1.165, 1.54) is 12.1 Å². The van der Waals surface area contributed by atoms with E-state index in [9.17, 15) is 14.3 Å². The van der Waals surface area contributed by atoms with E-state index < -0.39 is 6.10 Å². The molecule has 1 saturated heterocycles. The summed E-state index contributed by atoms with van der Waals surface area (Å²) in [5, 5.41) is 9.96. The Labute approximate surface area is 188 Å². The second kappa shape index (κ2) is 9.61. The Balaban J connectivity index is 1.77. The SMILES string of the molecule is CC(C)c1nc(-c2ccccc2)cc(-c2ccc(F)cc2)c1CC[C@H]1C[C@@H](O)CC(=O)O1. The number of aliphatic hydroxyl groups is 1. The lowest BCUT2D eigenvalue weighted by Gasteiger charge is -2.27. The van der Waals surface area contributed by atoms with Crippen molar-refractivity contribution in [3.05, 3.63) is 77.7 Å². The Kier molecular flexibility index (Phi) is 6.66. The number of nitrogens with zero attached hydrogens (tertiary/aromatic N) is 1. The fourth-order valence-electron chi connectivity index (χ4n) is 4.32. The van der Waals surface area contributed by atoms with Crippen LogP contribution in [0.25, 0.3) is 22.4 Å². The Morgan fingerprint density at radius 1 is 1.09 bits per heavy atom. The van der Waals surface area contributed by atoms with Crippen molar-refractivity contribution >= 4 is 5.97 Å². The topological polar surface area (TPSA) is 59.4 Å². The number of esters is 1. The highest BCUT2D eigenvalue weighted by atomic mass is 19.1. The zero-order chi connectivity index (χ0) is 22.7. The quantitative estimate of drug-likeness (QED) is 0.508. The number of carbonyl (C=O) groups is 1. The summed E-state index contributed by atoms with van der Waals surface area (Å²) < 4.78 is 19.1. The highest BCUT2D eigenvalue weighted by Crippen LogP contribution is 2.35. The van der Waals surface area contributed by atoms with Crippen molar-refractivity contribution < 1.29 is 19.0 Å². The number of rotatable bonds is 6. The van der Waals surface area contributed by atoms with Gasteiger partial charge >= 0.3 is 5.97 Å². The van der Waals surface area contributed by atoms with Crippen LogP contribution in [0.5, 0.6) is 0 Å². The summed E-state index contributed by atoms with van der Waals surface area (Å²) in [6, 6.07) is 18.6. The van der Waals surface area contributed by atoms with Gasteiger partial charge in [0.2, 0.25) is 0 Å². The first-order chi connectivity index (χ1) is 15.4. The molecule has 32 heavy (non-hydrogen) atoms.